The number of hydrogen-bond acceptors (Lipinski definition) is 6. The normalized spacial score (nSPS) is 11.3. The van der Waals surface area contributed by atoms with E-state index in [0.717, 1.165) is 9.87 Å². The molecule has 0 fully saturated rings. The molecule has 2 aromatic carbocycles. The zero-order valence-corrected chi connectivity index (χ0v) is 19.6. The Bertz CT molecular complexity index is 1010. The van der Waals surface area contributed by atoms with Crippen LogP contribution in [0, 0.1) is 6.92 Å². The molecule has 0 aromatic heterocycles. The van der Waals surface area contributed by atoms with Crippen LogP contribution in [0.3, 0.4) is 0 Å². The third kappa shape index (κ3) is 5.68. The maximum atomic E-state index is 13.0. The minimum atomic E-state index is -3.63. The predicted molar refractivity (Wildman–Crippen MR) is 120 cm³/mol. The molecule has 9 heteroatoms. The standard InChI is InChI=1S/C22H30N2O6S/c1-7-28-19-12-16(13-20(29-8-2)21(19)30-9-3)22(25)23-18-14-17(11-10-15(18)4)31(26,27)24(5)6/h10-14H,7-9H2,1-6H3,(H,23,25). The molecule has 31 heavy (non-hydrogen) atoms. The molecule has 0 radical (unpaired) electrons. The van der Waals surface area contributed by atoms with E-state index in [4.69, 9.17) is 14.2 Å². The quantitative estimate of drug-likeness (QED) is 0.593. The van der Waals surface area contributed by atoms with E-state index in [1.807, 2.05) is 20.8 Å². The van der Waals surface area contributed by atoms with Crippen molar-refractivity contribution < 1.29 is 27.4 Å². The number of amides is 1. The van der Waals surface area contributed by atoms with Gasteiger partial charge in [-0.3, -0.25) is 4.79 Å². The van der Waals surface area contributed by atoms with Crippen LogP contribution in [-0.2, 0) is 10.0 Å². The van der Waals surface area contributed by atoms with Crippen LogP contribution in [0.15, 0.2) is 35.2 Å². The smallest absolute Gasteiger partial charge is 0.255 e. The summed E-state index contributed by atoms with van der Waals surface area (Å²) in [4.78, 5) is 13.1. The second kappa shape index (κ2) is 10.5. The molecule has 8 nitrogen and oxygen atoms in total. The summed E-state index contributed by atoms with van der Waals surface area (Å²) in [5.74, 6) is 0.827. The Balaban J connectivity index is 2.46. The first-order chi connectivity index (χ1) is 14.6. The fourth-order valence-corrected chi connectivity index (χ4v) is 3.75. The Morgan fingerprint density at radius 2 is 1.48 bits per heavy atom. The number of anilines is 1. The second-order valence-corrected chi connectivity index (χ2v) is 8.97. The van der Waals surface area contributed by atoms with E-state index < -0.39 is 15.9 Å². The van der Waals surface area contributed by atoms with Crippen molar-refractivity contribution in [3.8, 4) is 17.2 Å². The van der Waals surface area contributed by atoms with Crippen LogP contribution in [-0.4, -0.2) is 52.5 Å². The summed E-state index contributed by atoms with van der Waals surface area (Å²) in [6, 6.07) is 7.78. The predicted octanol–water partition coefficient (Wildman–Crippen LogP) is 3.69. The van der Waals surface area contributed by atoms with E-state index in [1.165, 1.54) is 26.2 Å². The Kier molecular flexibility index (Phi) is 8.29. The zero-order chi connectivity index (χ0) is 23.2. The van der Waals surface area contributed by atoms with Crippen molar-refractivity contribution >= 4 is 21.6 Å². The lowest BCUT2D eigenvalue weighted by Crippen LogP contribution is -2.22. The molecule has 0 aliphatic rings. The largest absolute Gasteiger partial charge is 0.490 e. The van der Waals surface area contributed by atoms with Crippen LogP contribution >= 0.6 is 0 Å². The Morgan fingerprint density at radius 3 is 1.97 bits per heavy atom. The SMILES string of the molecule is CCOc1cc(C(=O)Nc2cc(S(=O)(=O)N(C)C)ccc2C)cc(OCC)c1OCC. The van der Waals surface area contributed by atoms with E-state index in [1.54, 1.807) is 25.1 Å². The van der Waals surface area contributed by atoms with Gasteiger partial charge in [0.25, 0.3) is 5.91 Å². The van der Waals surface area contributed by atoms with Crippen LogP contribution < -0.4 is 19.5 Å². The first-order valence-corrected chi connectivity index (χ1v) is 11.5. The van der Waals surface area contributed by atoms with Gasteiger partial charge in [0.05, 0.1) is 24.7 Å². The number of nitrogens with one attached hydrogen (secondary N) is 1. The van der Waals surface area contributed by atoms with Crippen molar-refractivity contribution in [2.75, 3.05) is 39.2 Å². The Morgan fingerprint density at radius 1 is 0.935 bits per heavy atom. The maximum Gasteiger partial charge on any atom is 0.255 e. The van der Waals surface area contributed by atoms with Gasteiger partial charge in [0.1, 0.15) is 0 Å². The lowest BCUT2D eigenvalue weighted by atomic mass is 10.1. The van der Waals surface area contributed by atoms with Crippen LogP contribution in [0.25, 0.3) is 0 Å². The number of nitrogens with zero attached hydrogens (tertiary/aromatic N) is 1. The average molecular weight is 451 g/mol. The molecule has 0 saturated carbocycles. The number of rotatable bonds is 10. The lowest BCUT2D eigenvalue weighted by Gasteiger charge is -2.18. The Hall–Kier alpha value is -2.78. The summed E-state index contributed by atoms with van der Waals surface area (Å²) in [6.45, 7) is 8.50. The summed E-state index contributed by atoms with van der Waals surface area (Å²) < 4.78 is 43.0. The van der Waals surface area contributed by atoms with Gasteiger partial charge in [-0.1, -0.05) is 6.07 Å². The minimum Gasteiger partial charge on any atom is -0.490 e. The third-order valence-corrected chi connectivity index (χ3v) is 6.22. The molecule has 0 bridgehead atoms. The van der Waals surface area contributed by atoms with E-state index in [2.05, 4.69) is 5.32 Å². The number of carbonyl (C=O) groups is 1. The van der Waals surface area contributed by atoms with Gasteiger partial charge in [-0.05, 0) is 57.5 Å². The third-order valence-electron chi connectivity index (χ3n) is 4.41. The van der Waals surface area contributed by atoms with Gasteiger partial charge in [0.2, 0.25) is 15.8 Å². The van der Waals surface area contributed by atoms with Crippen molar-refractivity contribution in [3.05, 3.63) is 41.5 Å². The highest BCUT2D eigenvalue weighted by Crippen LogP contribution is 2.39. The molecule has 0 heterocycles. The van der Waals surface area contributed by atoms with Crippen molar-refractivity contribution in [2.24, 2.45) is 0 Å². The molecule has 0 aliphatic heterocycles. The van der Waals surface area contributed by atoms with Gasteiger partial charge in [-0.2, -0.15) is 0 Å². The number of benzene rings is 2. The van der Waals surface area contributed by atoms with Gasteiger partial charge < -0.3 is 19.5 Å². The summed E-state index contributed by atoms with van der Waals surface area (Å²) in [5.41, 5.74) is 1.43. The van der Waals surface area contributed by atoms with E-state index in [0.29, 0.717) is 48.3 Å². The van der Waals surface area contributed by atoms with Gasteiger partial charge >= 0.3 is 0 Å². The fourth-order valence-electron chi connectivity index (χ4n) is 2.82. The van der Waals surface area contributed by atoms with E-state index in [-0.39, 0.29) is 4.90 Å². The molecule has 2 aromatic rings. The van der Waals surface area contributed by atoms with Gasteiger partial charge in [0, 0.05) is 25.3 Å². The number of ether oxygens (including phenoxy) is 3. The van der Waals surface area contributed by atoms with E-state index in [9.17, 15) is 13.2 Å². The molecule has 1 amide bonds. The molecule has 0 unspecified atom stereocenters. The number of sulfonamides is 1. The number of aryl methyl sites for hydroxylation is 1. The van der Waals surface area contributed by atoms with Gasteiger partial charge in [-0.25, -0.2) is 12.7 Å². The second-order valence-electron chi connectivity index (χ2n) is 6.82. The topological polar surface area (TPSA) is 94.2 Å². The van der Waals surface area contributed by atoms with Crippen LogP contribution in [0.1, 0.15) is 36.7 Å². The first-order valence-electron chi connectivity index (χ1n) is 10.1. The molecular weight excluding hydrogens is 420 g/mol. The molecule has 170 valence electrons. The maximum absolute atomic E-state index is 13.0. The monoisotopic (exact) mass is 450 g/mol. The minimum absolute atomic E-state index is 0.0927. The summed E-state index contributed by atoms with van der Waals surface area (Å²) in [6.07, 6.45) is 0. The molecule has 2 rings (SSSR count). The van der Waals surface area contributed by atoms with Crippen molar-refractivity contribution in [1.82, 2.24) is 4.31 Å². The van der Waals surface area contributed by atoms with Crippen LogP contribution in [0.4, 0.5) is 5.69 Å². The van der Waals surface area contributed by atoms with Gasteiger partial charge in [0.15, 0.2) is 11.5 Å². The summed E-state index contributed by atoms with van der Waals surface area (Å²) in [7, 11) is -0.719. The van der Waals surface area contributed by atoms with Crippen LogP contribution in [0.5, 0.6) is 17.2 Å². The Labute approximate surface area is 184 Å². The lowest BCUT2D eigenvalue weighted by molar-refractivity contribution is 0.102. The van der Waals surface area contributed by atoms with Gasteiger partial charge in [-0.15, -0.1) is 0 Å². The van der Waals surface area contributed by atoms with Crippen molar-refractivity contribution in [3.63, 3.8) is 0 Å². The average Bonchev–Trinajstić information content (AvgIpc) is 2.71. The highest BCUT2D eigenvalue weighted by atomic mass is 32.2. The van der Waals surface area contributed by atoms with Crippen LogP contribution in [0.2, 0.25) is 0 Å². The summed E-state index contributed by atoms with van der Waals surface area (Å²) in [5, 5.41) is 2.79. The highest BCUT2D eigenvalue weighted by molar-refractivity contribution is 7.89. The van der Waals surface area contributed by atoms with Crippen molar-refractivity contribution in [2.45, 2.75) is 32.6 Å². The summed E-state index contributed by atoms with van der Waals surface area (Å²) >= 11 is 0. The molecular formula is C22H30N2O6S. The number of hydrogen-bond donors (Lipinski definition) is 1. The molecule has 0 spiro atoms. The first kappa shape index (κ1) is 24.5. The molecule has 1 N–H and O–H groups in total. The number of carbonyl (C=O) groups excluding carboxylic acids is 1. The van der Waals surface area contributed by atoms with Crippen molar-refractivity contribution in [1.29, 1.82) is 0 Å². The highest BCUT2D eigenvalue weighted by Gasteiger charge is 2.21. The zero-order valence-electron chi connectivity index (χ0n) is 18.8. The fraction of sp³-hybridized carbons (Fsp3) is 0.409. The molecule has 0 aliphatic carbocycles. The van der Waals surface area contributed by atoms with E-state index >= 15 is 0 Å². The molecule has 0 atom stereocenters. The molecule has 0 saturated heterocycles.